The van der Waals surface area contributed by atoms with E-state index in [0.29, 0.717) is 30.8 Å². The number of fused-ring (bicyclic) bond motifs is 2. The molecule has 2 bridgehead atoms. The van der Waals surface area contributed by atoms with Crippen LogP contribution in [0.3, 0.4) is 0 Å². The molecule has 3 unspecified atom stereocenters. The monoisotopic (exact) mass is 425 g/mol. The summed E-state index contributed by atoms with van der Waals surface area (Å²) in [7, 11) is 0. The highest BCUT2D eigenvalue weighted by Crippen LogP contribution is 2.34. The van der Waals surface area contributed by atoms with E-state index in [2.05, 4.69) is 30.4 Å². The fourth-order valence-corrected chi connectivity index (χ4v) is 4.69. The second-order valence-corrected chi connectivity index (χ2v) is 8.33. The van der Waals surface area contributed by atoms with Crippen molar-refractivity contribution in [2.45, 2.75) is 37.5 Å². The zero-order valence-electron chi connectivity index (χ0n) is 16.9. The van der Waals surface area contributed by atoms with E-state index in [-0.39, 0.29) is 29.5 Å². The number of carbonyl (C=O) groups is 2. The van der Waals surface area contributed by atoms with Crippen LogP contribution in [-0.2, 0) is 11.3 Å². The Balaban J connectivity index is 1.32. The summed E-state index contributed by atoms with van der Waals surface area (Å²) >= 11 is 0. The van der Waals surface area contributed by atoms with Crippen LogP contribution in [-0.4, -0.2) is 64.4 Å². The highest BCUT2D eigenvalue weighted by molar-refractivity contribution is 5.92. The van der Waals surface area contributed by atoms with Crippen molar-refractivity contribution in [3.8, 4) is 0 Å². The van der Waals surface area contributed by atoms with Gasteiger partial charge in [0.05, 0.1) is 0 Å². The summed E-state index contributed by atoms with van der Waals surface area (Å²) in [6.07, 6.45) is 1.62. The number of halogens is 1. The van der Waals surface area contributed by atoms with E-state index in [0.717, 1.165) is 31.6 Å². The van der Waals surface area contributed by atoms with Gasteiger partial charge in [-0.05, 0) is 30.5 Å². The number of hydrogen-bond donors (Lipinski definition) is 3. The summed E-state index contributed by atoms with van der Waals surface area (Å²) in [5, 5.41) is 5.87. The fraction of sp³-hybridized carbons (Fsp3) is 0.429. The first kappa shape index (κ1) is 19.7. The number of amides is 2. The van der Waals surface area contributed by atoms with Gasteiger partial charge in [-0.25, -0.2) is 9.37 Å². The molecule has 4 N–H and O–H groups in total. The van der Waals surface area contributed by atoms with Gasteiger partial charge in [0, 0.05) is 44.3 Å². The van der Waals surface area contributed by atoms with Gasteiger partial charge in [-0.15, -0.1) is 0 Å². The topological polar surface area (TPSA) is 116 Å². The molecular formula is C21H24FN7O2. The number of rotatable bonds is 6. The molecule has 10 heteroatoms. The average molecular weight is 425 g/mol. The maximum absolute atomic E-state index is 13.2. The van der Waals surface area contributed by atoms with Crippen molar-refractivity contribution in [2.75, 3.05) is 29.9 Å². The van der Waals surface area contributed by atoms with E-state index in [4.69, 9.17) is 5.73 Å². The van der Waals surface area contributed by atoms with E-state index in [9.17, 15) is 14.0 Å². The van der Waals surface area contributed by atoms with Crippen LogP contribution in [0, 0.1) is 5.82 Å². The highest BCUT2D eigenvalue weighted by Gasteiger charge is 2.44. The number of aromatic nitrogens is 2. The first-order valence-corrected chi connectivity index (χ1v) is 10.4. The maximum Gasteiger partial charge on any atom is 0.267 e. The van der Waals surface area contributed by atoms with Crippen molar-refractivity contribution >= 4 is 23.6 Å². The van der Waals surface area contributed by atoms with Gasteiger partial charge in [0.15, 0.2) is 0 Å². The number of likely N-dealkylation sites (tertiary alicyclic amines) is 1. The molecule has 1 aromatic heterocycles. The molecule has 3 aliphatic rings. The van der Waals surface area contributed by atoms with Crippen LogP contribution in [0.2, 0.25) is 0 Å². The highest BCUT2D eigenvalue weighted by atomic mass is 19.1. The number of nitrogens with two attached hydrogens (primary N) is 1. The van der Waals surface area contributed by atoms with Crippen LogP contribution >= 0.6 is 0 Å². The molecule has 2 amide bonds. The van der Waals surface area contributed by atoms with E-state index in [1.54, 1.807) is 0 Å². The van der Waals surface area contributed by atoms with E-state index in [1.807, 2.05) is 12.1 Å². The average Bonchev–Trinajstić information content (AvgIpc) is 3.46. The minimum Gasteiger partial charge on any atom is -0.364 e. The standard InChI is InChI=1S/C21H24FN7O2/c22-13-3-1-12(2-4-13)9-28-10-15-7-14(28)11-29(15)21-26-17(19(23)30)8-18(27-21)25-16-5-6-24-20(16)31/h1-4,8,14-16H,5-7,9-11H2,(H2,23,30)(H,24,31)(H,25,26,27). The summed E-state index contributed by atoms with van der Waals surface area (Å²) < 4.78 is 13.2. The predicted octanol–water partition coefficient (Wildman–Crippen LogP) is 0.478. The van der Waals surface area contributed by atoms with Crippen molar-refractivity contribution in [3.05, 3.63) is 47.4 Å². The third-order valence-electron chi connectivity index (χ3n) is 6.25. The van der Waals surface area contributed by atoms with Crippen LogP contribution < -0.4 is 21.3 Å². The van der Waals surface area contributed by atoms with Gasteiger partial charge in [0.25, 0.3) is 5.91 Å². The molecular weight excluding hydrogens is 401 g/mol. The van der Waals surface area contributed by atoms with E-state index >= 15 is 0 Å². The van der Waals surface area contributed by atoms with Crippen molar-refractivity contribution < 1.29 is 14.0 Å². The maximum atomic E-state index is 13.2. The van der Waals surface area contributed by atoms with Gasteiger partial charge in [0.1, 0.15) is 23.4 Å². The van der Waals surface area contributed by atoms with E-state index < -0.39 is 5.91 Å². The Morgan fingerprint density at radius 3 is 2.68 bits per heavy atom. The summed E-state index contributed by atoms with van der Waals surface area (Å²) in [6.45, 7) is 2.94. The van der Waals surface area contributed by atoms with Crippen molar-refractivity contribution in [3.63, 3.8) is 0 Å². The Labute approximate surface area is 178 Å². The number of carbonyl (C=O) groups excluding carboxylic acids is 2. The molecule has 3 fully saturated rings. The molecule has 31 heavy (non-hydrogen) atoms. The molecule has 4 heterocycles. The Hall–Kier alpha value is -3.27. The van der Waals surface area contributed by atoms with Crippen LogP contribution in [0.5, 0.6) is 0 Å². The number of anilines is 2. The Kier molecular flexibility index (Phi) is 4.93. The van der Waals surface area contributed by atoms with Gasteiger partial charge in [-0.3, -0.25) is 14.5 Å². The molecule has 2 aromatic rings. The first-order valence-electron chi connectivity index (χ1n) is 10.4. The molecule has 162 valence electrons. The van der Waals surface area contributed by atoms with Crippen LogP contribution in [0.4, 0.5) is 16.2 Å². The quantitative estimate of drug-likeness (QED) is 0.616. The van der Waals surface area contributed by atoms with Crippen molar-refractivity contribution in [1.29, 1.82) is 0 Å². The lowest BCUT2D eigenvalue weighted by atomic mass is 10.2. The molecule has 0 spiro atoms. The zero-order valence-corrected chi connectivity index (χ0v) is 16.9. The SMILES string of the molecule is NC(=O)c1cc(NC2CCNC2=O)nc(N2CC3CC2CN3Cc2ccc(F)cc2)n1. The number of nitrogens with one attached hydrogen (secondary N) is 2. The van der Waals surface area contributed by atoms with Gasteiger partial charge in [-0.1, -0.05) is 12.1 Å². The molecule has 0 saturated carbocycles. The van der Waals surface area contributed by atoms with Crippen molar-refractivity contribution in [1.82, 2.24) is 20.2 Å². The Bertz CT molecular complexity index is 1020. The molecule has 1 aromatic carbocycles. The molecule has 5 rings (SSSR count). The third kappa shape index (κ3) is 3.90. The van der Waals surface area contributed by atoms with Crippen LogP contribution in [0.15, 0.2) is 30.3 Å². The van der Waals surface area contributed by atoms with Gasteiger partial charge >= 0.3 is 0 Å². The largest absolute Gasteiger partial charge is 0.364 e. The lowest BCUT2D eigenvalue weighted by Crippen LogP contribution is -2.46. The van der Waals surface area contributed by atoms with E-state index in [1.165, 1.54) is 18.2 Å². The zero-order chi connectivity index (χ0) is 21.5. The lowest BCUT2D eigenvalue weighted by molar-refractivity contribution is -0.119. The molecule has 3 aliphatic heterocycles. The number of primary amides is 1. The molecule has 3 atom stereocenters. The minimum absolute atomic E-state index is 0.0857. The van der Waals surface area contributed by atoms with Crippen molar-refractivity contribution in [2.24, 2.45) is 5.73 Å². The molecule has 0 aliphatic carbocycles. The first-order chi connectivity index (χ1) is 15.0. The Morgan fingerprint density at radius 1 is 1.23 bits per heavy atom. The molecule has 0 radical (unpaired) electrons. The number of piperazine rings is 1. The summed E-state index contributed by atoms with van der Waals surface area (Å²) in [4.78, 5) is 37.2. The smallest absolute Gasteiger partial charge is 0.267 e. The summed E-state index contributed by atoms with van der Waals surface area (Å²) in [6, 6.07) is 8.25. The van der Waals surface area contributed by atoms with Crippen LogP contribution in [0.25, 0.3) is 0 Å². The summed E-state index contributed by atoms with van der Waals surface area (Å²) in [5.41, 5.74) is 6.69. The predicted molar refractivity (Wildman–Crippen MR) is 112 cm³/mol. The van der Waals surface area contributed by atoms with Crippen LogP contribution in [0.1, 0.15) is 28.9 Å². The normalized spacial score (nSPS) is 25.1. The second kappa shape index (κ2) is 7.77. The Morgan fingerprint density at radius 2 is 2.03 bits per heavy atom. The number of benzene rings is 1. The minimum atomic E-state index is -0.634. The summed E-state index contributed by atoms with van der Waals surface area (Å²) in [5.74, 6) is -0.0795. The number of hydrogen-bond acceptors (Lipinski definition) is 7. The van der Waals surface area contributed by atoms with Gasteiger partial charge in [-0.2, -0.15) is 4.98 Å². The van der Waals surface area contributed by atoms with Gasteiger partial charge in [0.2, 0.25) is 11.9 Å². The molecule has 9 nitrogen and oxygen atoms in total. The molecule has 3 saturated heterocycles. The fourth-order valence-electron chi connectivity index (χ4n) is 4.69. The van der Waals surface area contributed by atoms with Gasteiger partial charge < -0.3 is 21.3 Å². The second-order valence-electron chi connectivity index (χ2n) is 8.33. The third-order valence-corrected chi connectivity index (χ3v) is 6.25. The lowest BCUT2D eigenvalue weighted by Gasteiger charge is -2.34. The number of nitrogens with zero attached hydrogens (tertiary/aromatic N) is 4.